The summed E-state index contributed by atoms with van der Waals surface area (Å²) in [5.41, 5.74) is 3.68. The van der Waals surface area contributed by atoms with Gasteiger partial charge >= 0.3 is 5.97 Å². The molecule has 0 N–H and O–H groups in total. The van der Waals surface area contributed by atoms with Gasteiger partial charge in [0, 0.05) is 37.3 Å². The van der Waals surface area contributed by atoms with E-state index in [9.17, 15) is 4.79 Å². The molecule has 27 heavy (non-hydrogen) atoms. The normalized spacial score (nSPS) is 15.7. The number of aromatic nitrogens is 1. The van der Waals surface area contributed by atoms with Crippen LogP contribution in [0.15, 0.2) is 36.4 Å². The summed E-state index contributed by atoms with van der Waals surface area (Å²) in [6.07, 6.45) is 0. The number of rotatable bonds is 5. The average Bonchev–Trinajstić information content (AvgIpc) is 3.07. The molecule has 0 unspecified atom stereocenters. The first-order valence-corrected chi connectivity index (χ1v) is 9.59. The average molecular weight is 370 g/mol. The highest BCUT2D eigenvalue weighted by Gasteiger charge is 2.28. The van der Waals surface area contributed by atoms with Crippen LogP contribution in [-0.2, 0) is 21.4 Å². The highest BCUT2D eigenvalue weighted by molar-refractivity contribution is 5.97. The van der Waals surface area contributed by atoms with Crippen molar-refractivity contribution >= 4 is 5.97 Å². The maximum absolute atomic E-state index is 12.5. The van der Waals surface area contributed by atoms with Crippen molar-refractivity contribution in [3.05, 3.63) is 47.7 Å². The number of esters is 1. The van der Waals surface area contributed by atoms with Crippen molar-refractivity contribution in [1.29, 1.82) is 0 Å². The fraction of sp³-hybridized carbons (Fsp3) is 0.500. The van der Waals surface area contributed by atoms with E-state index in [0.717, 1.165) is 56.3 Å². The molecular weight excluding hydrogens is 340 g/mol. The van der Waals surface area contributed by atoms with Crippen molar-refractivity contribution in [3.63, 3.8) is 0 Å². The minimum atomic E-state index is -0.288. The molecule has 0 spiro atoms. The summed E-state index contributed by atoms with van der Waals surface area (Å²) in [4.78, 5) is 15.0. The van der Waals surface area contributed by atoms with E-state index in [-0.39, 0.29) is 11.4 Å². The Hall–Kier alpha value is -2.11. The Morgan fingerprint density at radius 1 is 1.11 bits per heavy atom. The van der Waals surface area contributed by atoms with Crippen molar-refractivity contribution in [1.82, 2.24) is 9.47 Å². The topological polar surface area (TPSA) is 43.7 Å². The molecule has 5 nitrogen and oxygen atoms in total. The molecular formula is C22H30N2O3. The summed E-state index contributed by atoms with van der Waals surface area (Å²) in [6.45, 7) is 11.8. The Bertz CT molecular complexity index is 769. The second-order valence-corrected chi connectivity index (χ2v) is 8.01. The lowest BCUT2D eigenvalue weighted by Crippen LogP contribution is -2.38. The number of nitrogens with zero attached hydrogens (tertiary/aromatic N) is 2. The first kappa shape index (κ1) is 19.6. The van der Waals surface area contributed by atoms with Gasteiger partial charge in [-0.05, 0) is 11.6 Å². The van der Waals surface area contributed by atoms with Crippen LogP contribution in [0.2, 0.25) is 0 Å². The van der Waals surface area contributed by atoms with Crippen molar-refractivity contribution in [2.24, 2.45) is 0 Å². The summed E-state index contributed by atoms with van der Waals surface area (Å²) in [6, 6.07) is 12.1. The third-order valence-electron chi connectivity index (χ3n) is 5.06. The molecule has 5 heteroatoms. The zero-order valence-corrected chi connectivity index (χ0v) is 16.8. The minimum Gasteiger partial charge on any atom is -0.465 e. The fourth-order valence-corrected chi connectivity index (χ4v) is 3.64. The summed E-state index contributed by atoms with van der Waals surface area (Å²) in [7, 11) is 1.44. The van der Waals surface area contributed by atoms with Crippen LogP contribution in [-0.4, -0.2) is 55.4 Å². The molecule has 0 aliphatic carbocycles. The van der Waals surface area contributed by atoms with E-state index in [1.807, 2.05) is 24.3 Å². The number of methoxy groups -OCH3 is 1. The molecule has 0 amide bonds. The molecule has 1 saturated heterocycles. The number of carbonyl (C=O) groups excluding carboxylic acids is 1. The lowest BCUT2D eigenvalue weighted by atomic mass is 9.92. The van der Waals surface area contributed by atoms with Gasteiger partial charge in [-0.15, -0.1) is 0 Å². The Morgan fingerprint density at radius 2 is 1.78 bits per heavy atom. The van der Waals surface area contributed by atoms with Gasteiger partial charge in [0.2, 0.25) is 0 Å². The number of carbonyl (C=O) groups is 1. The van der Waals surface area contributed by atoms with E-state index in [4.69, 9.17) is 9.47 Å². The van der Waals surface area contributed by atoms with E-state index in [1.54, 1.807) is 0 Å². The Morgan fingerprint density at radius 3 is 2.37 bits per heavy atom. The molecule has 1 aromatic heterocycles. The molecule has 1 aliphatic rings. The number of morpholine rings is 1. The molecule has 0 bridgehead atoms. The molecule has 0 radical (unpaired) electrons. The van der Waals surface area contributed by atoms with E-state index in [0.29, 0.717) is 5.56 Å². The molecule has 146 valence electrons. The predicted octanol–water partition coefficient (Wildman–Crippen LogP) is 3.57. The van der Waals surface area contributed by atoms with E-state index in [2.05, 4.69) is 42.4 Å². The van der Waals surface area contributed by atoms with Gasteiger partial charge < -0.3 is 14.0 Å². The third kappa shape index (κ3) is 4.42. The summed E-state index contributed by atoms with van der Waals surface area (Å²) >= 11 is 0. The first-order valence-electron chi connectivity index (χ1n) is 9.59. The van der Waals surface area contributed by atoms with Gasteiger partial charge in [0.1, 0.15) is 0 Å². The van der Waals surface area contributed by atoms with Crippen LogP contribution >= 0.6 is 0 Å². The predicted molar refractivity (Wildman–Crippen MR) is 107 cm³/mol. The van der Waals surface area contributed by atoms with Crippen LogP contribution < -0.4 is 0 Å². The van der Waals surface area contributed by atoms with Gasteiger partial charge in [0.15, 0.2) is 0 Å². The van der Waals surface area contributed by atoms with Gasteiger partial charge in [0.25, 0.3) is 0 Å². The monoisotopic (exact) mass is 370 g/mol. The van der Waals surface area contributed by atoms with Gasteiger partial charge in [0.05, 0.1) is 31.6 Å². The minimum absolute atomic E-state index is 0.0825. The Kier molecular flexibility index (Phi) is 6.02. The number of benzene rings is 1. The molecule has 0 atom stereocenters. The zero-order valence-electron chi connectivity index (χ0n) is 16.8. The molecule has 1 aliphatic heterocycles. The van der Waals surface area contributed by atoms with Gasteiger partial charge in [-0.3, -0.25) is 4.90 Å². The summed E-state index contributed by atoms with van der Waals surface area (Å²) in [5, 5.41) is 0. The molecule has 2 aromatic rings. The first-order chi connectivity index (χ1) is 12.9. The van der Waals surface area contributed by atoms with E-state index >= 15 is 0 Å². The molecule has 1 fully saturated rings. The lowest BCUT2D eigenvalue weighted by Gasteiger charge is -2.29. The molecule has 3 rings (SSSR count). The lowest BCUT2D eigenvalue weighted by molar-refractivity contribution is 0.0363. The second-order valence-electron chi connectivity index (χ2n) is 8.01. The van der Waals surface area contributed by atoms with Crippen LogP contribution in [0.4, 0.5) is 0 Å². The van der Waals surface area contributed by atoms with Gasteiger partial charge in [-0.2, -0.15) is 0 Å². The molecule has 0 saturated carbocycles. The summed E-state index contributed by atoms with van der Waals surface area (Å²) < 4.78 is 12.9. The van der Waals surface area contributed by atoms with Crippen LogP contribution in [0.25, 0.3) is 11.3 Å². The maximum Gasteiger partial charge on any atom is 0.340 e. The highest BCUT2D eigenvalue weighted by atomic mass is 16.5. The SMILES string of the molecule is COC(=O)c1cc(C(C)(C)C)n(CCN2CCOCC2)c1-c1ccccc1. The molecule has 2 heterocycles. The number of hydrogen-bond acceptors (Lipinski definition) is 4. The van der Waals surface area contributed by atoms with Crippen molar-refractivity contribution in [2.75, 3.05) is 40.0 Å². The fourth-order valence-electron chi connectivity index (χ4n) is 3.64. The Balaban J connectivity index is 2.06. The van der Waals surface area contributed by atoms with Gasteiger partial charge in [-0.25, -0.2) is 4.79 Å². The molecule has 1 aromatic carbocycles. The van der Waals surface area contributed by atoms with Crippen molar-refractivity contribution < 1.29 is 14.3 Å². The zero-order chi connectivity index (χ0) is 19.4. The van der Waals surface area contributed by atoms with Crippen LogP contribution in [0.1, 0.15) is 36.8 Å². The van der Waals surface area contributed by atoms with Crippen molar-refractivity contribution in [2.45, 2.75) is 32.7 Å². The Labute approximate surface area is 161 Å². The van der Waals surface area contributed by atoms with Crippen molar-refractivity contribution in [3.8, 4) is 11.3 Å². The largest absolute Gasteiger partial charge is 0.465 e. The van der Waals surface area contributed by atoms with Crippen LogP contribution in [0.3, 0.4) is 0 Å². The van der Waals surface area contributed by atoms with E-state index in [1.165, 1.54) is 7.11 Å². The van der Waals surface area contributed by atoms with Gasteiger partial charge in [-0.1, -0.05) is 51.1 Å². The maximum atomic E-state index is 12.5. The third-order valence-corrected chi connectivity index (χ3v) is 5.06. The second kappa shape index (κ2) is 8.28. The number of ether oxygens (including phenoxy) is 2. The van der Waals surface area contributed by atoms with Crippen LogP contribution in [0.5, 0.6) is 0 Å². The van der Waals surface area contributed by atoms with E-state index < -0.39 is 0 Å². The van der Waals surface area contributed by atoms with Crippen LogP contribution in [0, 0.1) is 0 Å². The standard InChI is InChI=1S/C22H30N2O3/c1-22(2,3)19-16-18(21(25)26-4)20(17-8-6-5-7-9-17)24(19)11-10-23-12-14-27-15-13-23/h5-9,16H,10-15H2,1-4H3. The highest BCUT2D eigenvalue weighted by Crippen LogP contribution is 2.34. The summed E-state index contributed by atoms with van der Waals surface area (Å²) in [5.74, 6) is -0.288. The smallest absolute Gasteiger partial charge is 0.340 e. The number of hydrogen-bond donors (Lipinski definition) is 0. The quantitative estimate of drug-likeness (QED) is 0.755.